The van der Waals surface area contributed by atoms with Crippen LogP contribution in [0.2, 0.25) is 0 Å². The number of carbonyl (C=O) groups excluding carboxylic acids is 1. The molecule has 2 aliphatic rings. The topological polar surface area (TPSA) is 66.9 Å². The van der Waals surface area contributed by atoms with Gasteiger partial charge in [-0.15, -0.1) is 0 Å². The Bertz CT molecular complexity index is 445. The van der Waals surface area contributed by atoms with Crippen molar-refractivity contribution in [3.8, 4) is 0 Å². The fraction of sp³-hybridized carbons (Fsp3) is 0.923. The first-order valence-electron chi connectivity index (χ1n) is 7.26. The molecule has 0 saturated carbocycles. The van der Waals surface area contributed by atoms with Gasteiger partial charge < -0.3 is 9.64 Å². The second kappa shape index (κ2) is 6.41. The van der Waals surface area contributed by atoms with Gasteiger partial charge in [-0.1, -0.05) is 0 Å². The van der Waals surface area contributed by atoms with E-state index < -0.39 is 16.1 Å². The Morgan fingerprint density at radius 2 is 2.15 bits per heavy atom. The summed E-state index contributed by atoms with van der Waals surface area (Å²) in [7, 11) is -3.30. The zero-order valence-corrected chi connectivity index (χ0v) is 13.1. The van der Waals surface area contributed by atoms with E-state index >= 15 is 0 Å². The normalized spacial score (nSPS) is 27.9. The van der Waals surface area contributed by atoms with Crippen molar-refractivity contribution in [3.63, 3.8) is 0 Å². The van der Waals surface area contributed by atoms with Crippen LogP contribution in [0, 0.1) is 5.92 Å². The molecule has 0 aromatic heterocycles. The predicted molar refractivity (Wildman–Crippen MR) is 75.8 cm³/mol. The molecule has 2 rings (SSSR count). The molecule has 0 unspecified atom stereocenters. The van der Waals surface area contributed by atoms with E-state index in [1.165, 1.54) is 10.6 Å². The van der Waals surface area contributed by atoms with E-state index in [1.807, 2.05) is 6.92 Å². The third-order valence-electron chi connectivity index (χ3n) is 4.11. The van der Waals surface area contributed by atoms with Gasteiger partial charge in [-0.3, -0.25) is 4.79 Å². The van der Waals surface area contributed by atoms with Gasteiger partial charge in [0.25, 0.3) is 0 Å². The summed E-state index contributed by atoms with van der Waals surface area (Å²) in [4.78, 5) is 14.4. The minimum atomic E-state index is -3.30. The van der Waals surface area contributed by atoms with Crippen molar-refractivity contribution >= 4 is 15.9 Å². The largest absolute Gasteiger partial charge is 0.381 e. The Hall–Kier alpha value is -0.660. The molecule has 2 atom stereocenters. The molecule has 6 nitrogen and oxygen atoms in total. The van der Waals surface area contributed by atoms with E-state index in [4.69, 9.17) is 4.74 Å². The first-order chi connectivity index (χ1) is 9.43. The van der Waals surface area contributed by atoms with Crippen molar-refractivity contribution in [1.82, 2.24) is 9.21 Å². The zero-order chi connectivity index (χ0) is 14.8. The summed E-state index contributed by atoms with van der Waals surface area (Å²) in [6, 6.07) is -0.507. The van der Waals surface area contributed by atoms with Crippen molar-refractivity contribution in [1.29, 1.82) is 0 Å². The lowest BCUT2D eigenvalue weighted by Gasteiger charge is -2.29. The van der Waals surface area contributed by atoms with Gasteiger partial charge >= 0.3 is 0 Å². The van der Waals surface area contributed by atoms with Gasteiger partial charge in [-0.2, -0.15) is 4.31 Å². The SMILES string of the molecule is CCN(C[C@@H]1CCOC1)C(=O)[C@H]1CCCN1S(C)(=O)=O. The van der Waals surface area contributed by atoms with Crippen LogP contribution in [0.15, 0.2) is 0 Å². The van der Waals surface area contributed by atoms with Crippen molar-refractivity contribution in [2.24, 2.45) is 5.92 Å². The molecule has 0 aromatic carbocycles. The molecule has 116 valence electrons. The van der Waals surface area contributed by atoms with Gasteiger partial charge in [0.2, 0.25) is 15.9 Å². The van der Waals surface area contributed by atoms with Crippen LogP contribution in [0.3, 0.4) is 0 Å². The molecule has 0 radical (unpaired) electrons. The molecule has 2 aliphatic heterocycles. The molecule has 2 heterocycles. The van der Waals surface area contributed by atoms with Gasteiger partial charge in [-0.05, 0) is 26.2 Å². The van der Waals surface area contributed by atoms with Gasteiger partial charge in [0.15, 0.2) is 0 Å². The minimum Gasteiger partial charge on any atom is -0.381 e. The number of nitrogens with zero attached hydrogens (tertiary/aromatic N) is 2. The third kappa shape index (κ3) is 3.51. The first kappa shape index (κ1) is 15.7. The highest BCUT2D eigenvalue weighted by Crippen LogP contribution is 2.23. The van der Waals surface area contributed by atoms with Crippen molar-refractivity contribution in [2.45, 2.75) is 32.2 Å². The Morgan fingerprint density at radius 1 is 1.40 bits per heavy atom. The maximum Gasteiger partial charge on any atom is 0.241 e. The highest BCUT2D eigenvalue weighted by molar-refractivity contribution is 7.88. The number of amides is 1. The quantitative estimate of drug-likeness (QED) is 0.732. The van der Waals surface area contributed by atoms with Crippen molar-refractivity contribution in [3.05, 3.63) is 0 Å². The van der Waals surface area contributed by atoms with Crippen LogP contribution in [0.4, 0.5) is 0 Å². The van der Waals surface area contributed by atoms with Gasteiger partial charge in [0.05, 0.1) is 12.9 Å². The Kier molecular flexibility index (Phi) is 5.04. The summed E-state index contributed by atoms with van der Waals surface area (Å²) >= 11 is 0. The molecule has 1 amide bonds. The van der Waals surface area contributed by atoms with Crippen LogP contribution in [0.5, 0.6) is 0 Å². The summed E-state index contributed by atoms with van der Waals surface area (Å²) in [5, 5.41) is 0. The maximum absolute atomic E-state index is 12.6. The fourth-order valence-electron chi connectivity index (χ4n) is 3.01. The highest BCUT2D eigenvalue weighted by atomic mass is 32.2. The fourth-order valence-corrected chi connectivity index (χ4v) is 4.13. The summed E-state index contributed by atoms with van der Waals surface area (Å²) in [6.45, 7) is 5.14. The van der Waals surface area contributed by atoms with E-state index in [-0.39, 0.29) is 5.91 Å². The number of sulfonamides is 1. The predicted octanol–water partition coefficient (Wildman–Crippen LogP) is 0.295. The number of hydrogen-bond donors (Lipinski definition) is 0. The van der Waals surface area contributed by atoms with E-state index in [0.717, 1.165) is 19.4 Å². The van der Waals surface area contributed by atoms with E-state index in [0.29, 0.717) is 38.6 Å². The van der Waals surface area contributed by atoms with E-state index in [9.17, 15) is 13.2 Å². The van der Waals surface area contributed by atoms with Gasteiger partial charge in [-0.25, -0.2) is 8.42 Å². The molecule has 2 fully saturated rings. The lowest BCUT2D eigenvalue weighted by Crippen LogP contribution is -2.48. The van der Waals surface area contributed by atoms with E-state index in [2.05, 4.69) is 0 Å². The third-order valence-corrected chi connectivity index (χ3v) is 5.40. The van der Waals surface area contributed by atoms with Gasteiger partial charge in [0.1, 0.15) is 6.04 Å². The summed E-state index contributed by atoms with van der Waals surface area (Å²) in [5.41, 5.74) is 0. The Balaban J connectivity index is 2.03. The van der Waals surface area contributed by atoms with Crippen LogP contribution in [-0.4, -0.2) is 68.7 Å². The van der Waals surface area contributed by atoms with Crippen molar-refractivity contribution < 1.29 is 17.9 Å². The molecule has 0 N–H and O–H groups in total. The lowest BCUT2D eigenvalue weighted by atomic mass is 10.1. The van der Waals surface area contributed by atoms with Crippen LogP contribution in [-0.2, 0) is 19.6 Å². The molecule has 0 spiro atoms. The molecule has 2 saturated heterocycles. The average Bonchev–Trinajstić information content (AvgIpc) is 3.05. The first-order valence-corrected chi connectivity index (χ1v) is 9.11. The van der Waals surface area contributed by atoms with E-state index in [1.54, 1.807) is 4.90 Å². The molecule has 7 heteroatoms. The van der Waals surface area contributed by atoms with Crippen LogP contribution in [0.1, 0.15) is 26.2 Å². The molecule has 20 heavy (non-hydrogen) atoms. The molecule has 0 aliphatic carbocycles. The monoisotopic (exact) mass is 304 g/mol. The lowest BCUT2D eigenvalue weighted by molar-refractivity contribution is -0.135. The molecule has 0 aromatic rings. The minimum absolute atomic E-state index is 0.0534. The highest BCUT2D eigenvalue weighted by Gasteiger charge is 2.38. The standard InChI is InChI=1S/C13H24N2O4S/c1-3-14(9-11-6-8-19-10-11)13(16)12-5-4-7-15(12)20(2,17)18/h11-12H,3-10H2,1-2H3/t11-,12+/m0/s1. The summed E-state index contributed by atoms with van der Waals surface area (Å²) < 4.78 is 30.2. The van der Waals surface area contributed by atoms with Crippen LogP contribution < -0.4 is 0 Å². The van der Waals surface area contributed by atoms with Crippen molar-refractivity contribution in [2.75, 3.05) is 39.1 Å². The number of likely N-dealkylation sites (N-methyl/N-ethyl adjacent to an activating group) is 1. The number of carbonyl (C=O) groups is 1. The Morgan fingerprint density at radius 3 is 2.70 bits per heavy atom. The molecular weight excluding hydrogens is 280 g/mol. The van der Waals surface area contributed by atoms with Gasteiger partial charge in [0, 0.05) is 32.2 Å². The second-order valence-electron chi connectivity index (χ2n) is 5.64. The average molecular weight is 304 g/mol. The Labute approximate surface area is 121 Å². The molecular formula is C13H24N2O4S. The van der Waals surface area contributed by atoms with Crippen LogP contribution in [0.25, 0.3) is 0 Å². The summed E-state index contributed by atoms with van der Waals surface area (Å²) in [5.74, 6) is 0.328. The number of rotatable bonds is 5. The number of hydrogen-bond acceptors (Lipinski definition) is 4. The summed E-state index contributed by atoms with van der Waals surface area (Å²) in [6.07, 6.45) is 3.54. The zero-order valence-electron chi connectivity index (χ0n) is 12.2. The van der Waals surface area contributed by atoms with Crippen LogP contribution >= 0.6 is 0 Å². The smallest absolute Gasteiger partial charge is 0.241 e. The second-order valence-corrected chi connectivity index (χ2v) is 7.57. The molecule has 0 bridgehead atoms. The maximum atomic E-state index is 12.6. The number of ether oxygens (including phenoxy) is 1.